The Morgan fingerprint density at radius 2 is 2.12 bits per heavy atom. The highest BCUT2D eigenvalue weighted by Crippen LogP contribution is 2.20. The summed E-state index contributed by atoms with van der Waals surface area (Å²) < 4.78 is 13.4. The molecule has 1 amide bonds. The van der Waals surface area contributed by atoms with E-state index in [0.29, 0.717) is 0 Å². The number of hydrogen-bond acceptors (Lipinski definition) is 2. The van der Waals surface area contributed by atoms with Gasteiger partial charge in [0.2, 0.25) is 5.91 Å². The van der Waals surface area contributed by atoms with Crippen LogP contribution >= 0.6 is 11.6 Å². The molecule has 0 saturated heterocycles. The molecule has 1 N–H and O–H groups in total. The fourth-order valence-corrected chi connectivity index (χ4v) is 1.50. The molecule has 1 aromatic rings. The summed E-state index contributed by atoms with van der Waals surface area (Å²) in [5.74, 6) is -2.34. The van der Waals surface area contributed by atoms with Gasteiger partial charge in [-0.2, -0.15) is 0 Å². The van der Waals surface area contributed by atoms with Gasteiger partial charge in [0.1, 0.15) is 12.2 Å². The highest BCUT2D eigenvalue weighted by molar-refractivity contribution is 6.31. The van der Waals surface area contributed by atoms with Crippen molar-refractivity contribution in [2.45, 2.75) is 13.0 Å². The molecule has 1 aromatic carbocycles. The van der Waals surface area contributed by atoms with E-state index in [9.17, 15) is 14.0 Å². The van der Waals surface area contributed by atoms with E-state index in [1.807, 2.05) is 0 Å². The first-order chi connectivity index (χ1) is 7.91. The van der Waals surface area contributed by atoms with E-state index in [0.717, 1.165) is 4.90 Å². The Labute approximate surface area is 103 Å². The zero-order chi connectivity index (χ0) is 13.0. The van der Waals surface area contributed by atoms with Crippen LogP contribution in [0.25, 0.3) is 0 Å². The van der Waals surface area contributed by atoms with Crippen molar-refractivity contribution in [3.05, 3.63) is 34.6 Å². The van der Waals surface area contributed by atoms with Crippen LogP contribution in [0.4, 0.5) is 4.39 Å². The van der Waals surface area contributed by atoms with Crippen LogP contribution in [-0.2, 0) is 16.1 Å². The highest BCUT2D eigenvalue weighted by Gasteiger charge is 2.16. The van der Waals surface area contributed by atoms with E-state index in [1.54, 1.807) is 0 Å². The molecule has 0 spiro atoms. The third kappa shape index (κ3) is 3.71. The third-order valence-corrected chi connectivity index (χ3v) is 2.54. The first-order valence-electron chi connectivity index (χ1n) is 4.80. The van der Waals surface area contributed by atoms with Gasteiger partial charge in [-0.05, 0) is 12.1 Å². The summed E-state index contributed by atoms with van der Waals surface area (Å²) in [6.07, 6.45) is -0.622. The molecule has 0 fully saturated rings. The number of carboxylic acids is 1. The molecular formula is C11H11ClFNO3. The topological polar surface area (TPSA) is 57.6 Å². The first-order valence-corrected chi connectivity index (χ1v) is 5.18. The number of nitrogens with zero attached hydrogens (tertiary/aromatic N) is 1. The maximum absolute atomic E-state index is 13.4. The smallest absolute Gasteiger partial charge is 0.312 e. The predicted molar refractivity (Wildman–Crippen MR) is 60.1 cm³/mol. The second kappa shape index (κ2) is 5.63. The van der Waals surface area contributed by atoms with Crippen LogP contribution in [0.5, 0.6) is 0 Å². The van der Waals surface area contributed by atoms with E-state index in [2.05, 4.69) is 0 Å². The van der Waals surface area contributed by atoms with Crippen LogP contribution in [0.2, 0.25) is 5.02 Å². The lowest BCUT2D eigenvalue weighted by atomic mass is 10.2. The van der Waals surface area contributed by atoms with Gasteiger partial charge in [-0.1, -0.05) is 17.7 Å². The SMILES string of the molecule is CN(Cc1c(F)cccc1Cl)C(=O)CC(=O)O. The Morgan fingerprint density at radius 1 is 1.47 bits per heavy atom. The summed E-state index contributed by atoms with van der Waals surface area (Å²) in [5.41, 5.74) is 0.176. The monoisotopic (exact) mass is 259 g/mol. The molecule has 0 atom stereocenters. The second-order valence-corrected chi connectivity index (χ2v) is 3.93. The van der Waals surface area contributed by atoms with Crippen molar-refractivity contribution in [3.63, 3.8) is 0 Å². The molecular weight excluding hydrogens is 249 g/mol. The van der Waals surface area contributed by atoms with Gasteiger partial charge in [0.25, 0.3) is 0 Å². The Bertz CT molecular complexity index is 430. The first kappa shape index (κ1) is 13.4. The van der Waals surface area contributed by atoms with Crippen molar-refractivity contribution < 1.29 is 19.1 Å². The predicted octanol–water partition coefficient (Wildman–Crippen LogP) is 1.91. The molecule has 92 valence electrons. The van der Waals surface area contributed by atoms with E-state index in [-0.39, 0.29) is 17.1 Å². The number of benzene rings is 1. The minimum absolute atomic E-state index is 0.0579. The largest absolute Gasteiger partial charge is 0.481 e. The van der Waals surface area contributed by atoms with Gasteiger partial charge in [-0.3, -0.25) is 9.59 Å². The number of amides is 1. The molecule has 0 aliphatic heterocycles. The molecule has 0 aliphatic rings. The van der Waals surface area contributed by atoms with Crippen molar-refractivity contribution in [3.8, 4) is 0 Å². The number of carbonyl (C=O) groups excluding carboxylic acids is 1. The number of halogens is 2. The number of rotatable bonds is 4. The highest BCUT2D eigenvalue weighted by atomic mass is 35.5. The fraction of sp³-hybridized carbons (Fsp3) is 0.273. The summed E-state index contributed by atoms with van der Waals surface area (Å²) in [6.45, 7) is -0.0579. The number of aliphatic carboxylic acids is 1. The average molecular weight is 260 g/mol. The molecule has 0 heterocycles. The summed E-state index contributed by atoms with van der Waals surface area (Å²) in [6, 6.07) is 4.20. The lowest BCUT2D eigenvalue weighted by Gasteiger charge is -2.17. The molecule has 0 radical (unpaired) electrons. The molecule has 17 heavy (non-hydrogen) atoms. The Hall–Kier alpha value is -1.62. The lowest BCUT2D eigenvalue weighted by molar-refractivity contribution is -0.143. The van der Waals surface area contributed by atoms with Crippen LogP contribution in [0, 0.1) is 5.82 Å². The van der Waals surface area contributed by atoms with Gasteiger partial charge in [-0.15, -0.1) is 0 Å². The van der Waals surface area contributed by atoms with Gasteiger partial charge in [0.15, 0.2) is 0 Å². The quantitative estimate of drug-likeness (QED) is 0.841. The number of hydrogen-bond donors (Lipinski definition) is 1. The maximum atomic E-state index is 13.4. The molecule has 0 aliphatic carbocycles. The third-order valence-electron chi connectivity index (χ3n) is 2.19. The fourth-order valence-electron chi connectivity index (χ4n) is 1.27. The Balaban J connectivity index is 2.77. The van der Waals surface area contributed by atoms with Gasteiger partial charge in [0, 0.05) is 24.2 Å². The van der Waals surface area contributed by atoms with Gasteiger partial charge in [-0.25, -0.2) is 4.39 Å². The van der Waals surface area contributed by atoms with Crippen LogP contribution in [0.3, 0.4) is 0 Å². The summed E-state index contributed by atoms with van der Waals surface area (Å²) in [7, 11) is 1.40. The molecule has 0 bridgehead atoms. The van der Waals surface area contributed by atoms with Crippen molar-refractivity contribution in [2.75, 3.05) is 7.05 Å². The van der Waals surface area contributed by atoms with Crippen molar-refractivity contribution in [2.24, 2.45) is 0 Å². The van der Waals surface area contributed by atoms with E-state index >= 15 is 0 Å². The molecule has 6 heteroatoms. The zero-order valence-corrected chi connectivity index (χ0v) is 9.87. The van der Waals surface area contributed by atoms with Crippen molar-refractivity contribution >= 4 is 23.5 Å². The Morgan fingerprint density at radius 3 is 2.65 bits per heavy atom. The lowest BCUT2D eigenvalue weighted by Crippen LogP contribution is -2.28. The van der Waals surface area contributed by atoms with E-state index in [1.165, 1.54) is 25.2 Å². The van der Waals surface area contributed by atoms with E-state index in [4.69, 9.17) is 16.7 Å². The number of carboxylic acid groups (broad SMARTS) is 1. The van der Waals surface area contributed by atoms with Crippen LogP contribution in [0.1, 0.15) is 12.0 Å². The minimum atomic E-state index is -1.22. The van der Waals surface area contributed by atoms with Crippen LogP contribution in [0.15, 0.2) is 18.2 Å². The van der Waals surface area contributed by atoms with Crippen LogP contribution in [-0.4, -0.2) is 28.9 Å². The van der Waals surface area contributed by atoms with Crippen molar-refractivity contribution in [1.82, 2.24) is 4.90 Å². The summed E-state index contributed by atoms with van der Waals surface area (Å²) >= 11 is 5.79. The maximum Gasteiger partial charge on any atom is 0.312 e. The van der Waals surface area contributed by atoms with Crippen LogP contribution < -0.4 is 0 Å². The minimum Gasteiger partial charge on any atom is -0.481 e. The molecule has 0 saturated carbocycles. The average Bonchev–Trinajstić information content (AvgIpc) is 2.22. The molecule has 4 nitrogen and oxygen atoms in total. The standard InChI is InChI=1S/C11H11ClFNO3/c1-14(10(15)5-11(16)17)6-7-8(12)3-2-4-9(7)13/h2-4H,5-6H2,1H3,(H,16,17). The summed E-state index contributed by atoms with van der Waals surface area (Å²) in [4.78, 5) is 22.8. The van der Waals surface area contributed by atoms with E-state index < -0.39 is 24.1 Å². The second-order valence-electron chi connectivity index (χ2n) is 3.52. The normalized spacial score (nSPS) is 10.1. The van der Waals surface area contributed by atoms with Gasteiger partial charge >= 0.3 is 5.97 Å². The van der Waals surface area contributed by atoms with Crippen molar-refractivity contribution in [1.29, 1.82) is 0 Å². The Kier molecular flexibility index (Phi) is 4.45. The summed E-state index contributed by atoms with van der Waals surface area (Å²) in [5, 5.41) is 8.67. The number of carbonyl (C=O) groups is 2. The molecule has 0 unspecified atom stereocenters. The molecule has 0 aromatic heterocycles. The molecule has 1 rings (SSSR count). The van der Waals surface area contributed by atoms with Gasteiger partial charge < -0.3 is 10.0 Å². The van der Waals surface area contributed by atoms with Gasteiger partial charge in [0.05, 0.1) is 0 Å². The zero-order valence-electron chi connectivity index (χ0n) is 9.11.